The molecule has 1 nitrogen and oxygen atoms in total. The van der Waals surface area contributed by atoms with Crippen LogP contribution in [-0.2, 0) is 0 Å². The van der Waals surface area contributed by atoms with Crippen molar-refractivity contribution in [3.63, 3.8) is 0 Å². The summed E-state index contributed by atoms with van der Waals surface area (Å²) in [5.41, 5.74) is 5.60. The Labute approximate surface area is 210 Å². The number of furan rings is 1. The highest BCUT2D eigenvalue weighted by molar-refractivity contribution is 6.23. The van der Waals surface area contributed by atoms with E-state index in [2.05, 4.69) is 60.7 Å². The minimum Gasteiger partial charge on any atom is -0.464 e. The summed E-state index contributed by atoms with van der Waals surface area (Å²) in [5.74, 6) is 0. The van der Waals surface area contributed by atoms with E-state index in [-0.39, 0.29) is 29.7 Å². The fourth-order valence-corrected chi connectivity index (χ4v) is 5.11. The van der Waals surface area contributed by atoms with Gasteiger partial charge in [0.25, 0.3) is 0 Å². The third-order valence-corrected chi connectivity index (χ3v) is 6.63. The van der Waals surface area contributed by atoms with E-state index in [9.17, 15) is 0 Å². The van der Waals surface area contributed by atoms with E-state index in [1.165, 1.54) is 5.56 Å². The molecule has 0 saturated carbocycles. The normalized spacial score (nSPS) is 13.4. The molecule has 0 fully saturated rings. The zero-order valence-corrected chi connectivity index (χ0v) is 18.7. The van der Waals surface area contributed by atoms with Gasteiger partial charge in [-0.05, 0) is 55.9 Å². The lowest BCUT2D eigenvalue weighted by atomic mass is 9.86. The van der Waals surface area contributed by atoms with Gasteiger partial charge in [0.15, 0.2) is 0 Å². The van der Waals surface area contributed by atoms with Gasteiger partial charge in [0, 0.05) is 16.5 Å². The van der Waals surface area contributed by atoms with Crippen LogP contribution < -0.4 is 0 Å². The summed E-state index contributed by atoms with van der Waals surface area (Å²) in [4.78, 5) is 0. The largest absolute Gasteiger partial charge is 0.464 e. The van der Waals surface area contributed by atoms with Crippen molar-refractivity contribution in [3.05, 3.63) is 134 Å². The van der Waals surface area contributed by atoms with E-state index < -0.39 is 6.04 Å². The molecule has 0 aliphatic carbocycles. The maximum absolute atomic E-state index is 8.49. The van der Waals surface area contributed by atoms with Gasteiger partial charge in [-0.3, -0.25) is 0 Å². The Morgan fingerprint density at radius 2 is 1.09 bits per heavy atom. The molecule has 0 atom stereocenters. The van der Waals surface area contributed by atoms with Crippen LogP contribution in [0.25, 0.3) is 65.9 Å². The number of hydrogen-bond donors (Lipinski definition) is 0. The minimum atomic E-state index is -0.403. The highest BCUT2D eigenvalue weighted by Gasteiger charge is 2.19. The van der Waals surface area contributed by atoms with E-state index >= 15 is 0 Å². The van der Waals surface area contributed by atoms with Crippen molar-refractivity contribution in [1.29, 1.82) is 0 Å². The molecule has 1 heteroatoms. The molecule has 7 rings (SSSR count). The van der Waals surface area contributed by atoms with Crippen LogP contribution >= 0.6 is 0 Å². The molecule has 1 aromatic heterocycles. The summed E-state index contributed by atoms with van der Waals surface area (Å²) >= 11 is 0. The second kappa shape index (κ2) is 8.00. The fraction of sp³-hybridized carbons (Fsp3) is 0. The van der Waals surface area contributed by atoms with Gasteiger partial charge in [0.1, 0.15) is 5.58 Å². The molecule has 7 aromatic rings. The van der Waals surface area contributed by atoms with Crippen molar-refractivity contribution in [3.8, 4) is 33.4 Å². The van der Waals surface area contributed by atoms with Crippen LogP contribution in [-0.4, -0.2) is 0 Å². The first kappa shape index (κ1) is 15.3. The molecule has 1 heterocycles. The summed E-state index contributed by atoms with van der Waals surface area (Å²) in [5, 5.41) is 5.22. The third kappa shape index (κ3) is 3.17. The van der Waals surface area contributed by atoms with Crippen LogP contribution in [0.2, 0.25) is 0 Å². The second-order valence-corrected chi connectivity index (χ2v) is 8.57. The van der Waals surface area contributed by atoms with Gasteiger partial charge in [-0.15, -0.1) is 0 Å². The average Bonchev–Trinajstić information content (AvgIpc) is 3.41. The molecule has 0 aliphatic heterocycles. The topological polar surface area (TPSA) is 13.1 Å². The number of hydrogen-bond acceptors (Lipinski definition) is 1. The predicted molar refractivity (Wildman–Crippen MR) is 148 cm³/mol. The Morgan fingerprint density at radius 3 is 1.74 bits per heavy atom. The third-order valence-electron chi connectivity index (χ3n) is 6.63. The molecule has 35 heavy (non-hydrogen) atoms. The standard InChI is InChI=1S/C34H22O/c1-3-11-23(12-4-1)25-19-20-32-30(21-25)31(22-35-32)34-28-17-9-7-15-26(28)33(24-13-5-2-6-14-24)27-16-8-10-18-29(27)34/h1-22H/i1D,3D,4D,11D,12D. The molecule has 0 amide bonds. The molecule has 0 unspecified atom stereocenters. The van der Waals surface area contributed by atoms with Gasteiger partial charge in [-0.2, -0.15) is 0 Å². The summed E-state index contributed by atoms with van der Waals surface area (Å²) in [6.45, 7) is 0. The molecule has 6 aromatic carbocycles. The number of benzene rings is 6. The van der Waals surface area contributed by atoms with E-state index in [1.54, 1.807) is 18.4 Å². The monoisotopic (exact) mass is 451 g/mol. The van der Waals surface area contributed by atoms with Gasteiger partial charge in [-0.1, -0.05) is 115 Å². The van der Waals surface area contributed by atoms with Crippen LogP contribution in [0.3, 0.4) is 0 Å². The lowest BCUT2D eigenvalue weighted by molar-refractivity contribution is 0.617. The first-order chi connectivity index (χ1) is 19.5. The molecule has 164 valence electrons. The van der Waals surface area contributed by atoms with Gasteiger partial charge in [0.05, 0.1) is 13.1 Å². The summed E-state index contributed by atoms with van der Waals surface area (Å²) in [7, 11) is 0. The molecular formula is C34H22O. The Morgan fingerprint density at radius 1 is 0.486 bits per heavy atom. The van der Waals surface area contributed by atoms with Crippen LogP contribution in [0.1, 0.15) is 6.85 Å². The highest BCUT2D eigenvalue weighted by atomic mass is 16.3. The summed E-state index contributed by atoms with van der Waals surface area (Å²) in [6.07, 6.45) is 1.76. The van der Waals surface area contributed by atoms with Crippen LogP contribution in [0.5, 0.6) is 0 Å². The summed E-state index contributed by atoms with van der Waals surface area (Å²) in [6, 6.07) is 31.0. The molecular weight excluding hydrogens is 424 g/mol. The maximum atomic E-state index is 8.49. The van der Waals surface area contributed by atoms with Crippen molar-refractivity contribution in [2.75, 3.05) is 0 Å². The highest BCUT2D eigenvalue weighted by Crippen LogP contribution is 2.46. The Kier molecular flexibility index (Phi) is 3.50. The number of fused-ring (bicyclic) bond motifs is 3. The van der Waals surface area contributed by atoms with Gasteiger partial charge >= 0.3 is 0 Å². The smallest absolute Gasteiger partial charge is 0.134 e. The molecule has 0 spiro atoms. The molecule has 0 saturated heterocycles. The molecule has 0 radical (unpaired) electrons. The Bertz CT molecular complexity index is 2030. The van der Waals surface area contributed by atoms with Crippen molar-refractivity contribution >= 4 is 32.5 Å². The zero-order chi connectivity index (χ0) is 27.5. The second-order valence-electron chi connectivity index (χ2n) is 8.57. The minimum absolute atomic E-state index is 0.175. The van der Waals surface area contributed by atoms with Gasteiger partial charge < -0.3 is 4.42 Å². The first-order valence-corrected chi connectivity index (χ1v) is 11.5. The lowest BCUT2D eigenvalue weighted by Gasteiger charge is -2.17. The maximum Gasteiger partial charge on any atom is 0.134 e. The summed E-state index contributed by atoms with van der Waals surface area (Å²) < 4.78 is 47.3. The average molecular weight is 452 g/mol. The van der Waals surface area contributed by atoms with Crippen molar-refractivity contribution in [2.45, 2.75) is 0 Å². The lowest BCUT2D eigenvalue weighted by Crippen LogP contribution is -1.90. The first-order valence-electron chi connectivity index (χ1n) is 14.0. The van der Waals surface area contributed by atoms with Gasteiger partial charge in [0.2, 0.25) is 0 Å². The van der Waals surface area contributed by atoms with E-state index in [0.717, 1.165) is 43.6 Å². The Hall–Kier alpha value is -4.62. The van der Waals surface area contributed by atoms with E-state index in [1.807, 2.05) is 24.3 Å². The van der Waals surface area contributed by atoms with E-state index in [4.69, 9.17) is 11.3 Å². The van der Waals surface area contributed by atoms with Gasteiger partial charge in [-0.25, -0.2) is 0 Å². The van der Waals surface area contributed by atoms with E-state index in [0.29, 0.717) is 11.1 Å². The Balaban J connectivity index is 1.57. The van der Waals surface area contributed by atoms with Crippen LogP contribution in [0.15, 0.2) is 138 Å². The molecule has 0 bridgehead atoms. The quantitative estimate of drug-likeness (QED) is 0.244. The molecule has 0 aliphatic rings. The van der Waals surface area contributed by atoms with Crippen LogP contribution in [0, 0.1) is 0 Å². The number of rotatable bonds is 3. The van der Waals surface area contributed by atoms with Crippen molar-refractivity contribution in [2.24, 2.45) is 0 Å². The van der Waals surface area contributed by atoms with Crippen LogP contribution in [0.4, 0.5) is 0 Å². The zero-order valence-electron chi connectivity index (χ0n) is 23.7. The predicted octanol–water partition coefficient (Wildman–Crippen LogP) is 9.74. The molecule has 0 N–H and O–H groups in total. The SMILES string of the molecule is [2H]c1c([2H])c([2H])c(-c2ccc3occ(-c4c5ccccc5c(-c5ccccc5)c5ccccc45)c3c2)c([2H])c1[2H]. The fourth-order valence-electron chi connectivity index (χ4n) is 5.11. The van der Waals surface area contributed by atoms with Crippen molar-refractivity contribution in [1.82, 2.24) is 0 Å². The van der Waals surface area contributed by atoms with Crippen molar-refractivity contribution < 1.29 is 11.3 Å².